The molecule has 0 aliphatic carbocycles. The smallest absolute Gasteiger partial charge is 0.305 e. The van der Waals surface area contributed by atoms with E-state index in [0.717, 1.165) is 0 Å². The predicted octanol–water partition coefficient (Wildman–Crippen LogP) is 3.37. The van der Waals surface area contributed by atoms with Gasteiger partial charge in [-0.2, -0.15) is 0 Å². The van der Waals surface area contributed by atoms with Crippen LogP contribution in [0.3, 0.4) is 0 Å². The first kappa shape index (κ1) is 17.0. The lowest BCUT2D eigenvalue weighted by Gasteiger charge is -2.27. The standard InChI is InChI=1S/C12H13Cl3N2O3/c1-3-17(6(2)4-8(18)19)12(20)11-10(15)9(14)7(13)5-16-11/h5-6H,3-4H2,1-2H3,(H,18,19). The molecule has 0 bridgehead atoms. The number of aromatic nitrogens is 1. The summed E-state index contributed by atoms with van der Waals surface area (Å²) in [5.41, 5.74) is -0.0415. The van der Waals surface area contributed by atoms with Gasteiger partial charge in [0.05, 0.1) is 21.5 Å². The van der Waals surface area contributed by atoms with Crippen LogP contribution in [-0.4, -0.2) is 39.5 Å². The number of rotatable bonds is 5. The fraction of sp³-hybridized carbons (Fsp3) is 0.417. The van der Waals surface area contributed by atoms with Gasteiger partial charge in [-0.3, -0.25) is 9.59 Å². The molecule has 0 aliphatic heterocycles. The molecule has 0 aromatic carbocycles. The molecule has 5 nitrogen and oxygen atoms in total. The van der Waals surface area contributed by atoms with Crippen molar-refractivity contribution in [3.05, 3.63) is 27.0 Å². The van der Waals surface area contributed by atoms with E-state index in [1.54, 1.807) is 13.8 Å². The van der Waals surface area contributed by atoms with Crippen molar-refractivity contribution < 1.29 is 14.7 Å². The van der Waals surface area contributed by atoms with Crippen LogP contribution in [-0.2, 0) is 4.79 Å². The number of carbonyl (C=O) groups excluding carboxylic acids is 1. The van der Waals surface area contributed by atoms with Gasteiger partial charge in [0.25, 0.3) is 5.91 Å². The van der Waals surface area contributed by atoms with Gasteiger partial charge in [-0.1, -0.05) is 34.8 Å². The maximum Gasteiger partial charge on any atom is 0.305 e. The normalized spacial score (nSPS) is 12.1. The van der Waals surface area contributed by atoms with Crippen LogP contribution in [0.15, 0.2) is 6.20 Å². The van der Waals surface area contributed by atoms with E-state index in [0.29, 0.717) is 6.54 Å². The van der Waals surface area contributed by atoms with Gasteiger partial charge in [-0.05, 0) is 13.8 Å². The highest BCUT2D eigenvalue weighted by Gasteiger charge is 2.26. The summed E-state index contributed by atoms with van der Waals surface area (Å²) in [4.78, 5) is 28.4. The molecule has 0 aliphatic rings. The molecule has 110 valence electrons. The van der Waals surface area contributed by atoms with Crippen molar-refractivity contribution >= 4 is 46.7 Å². The Labute approximate surface area is 131 Å². The molecular formula is C12H13Cl3N2O3. The van der Waals surface area contributed by atoms with Crippen LogP contribution in [0.1, 0.15) is 30.8 Å². The Hall–Kier alpha value is -1.04. The minimum absolute atomic E-state index is 0.0369. The number of halogens is 3. The summed E-state index contributed by atoms with van der Waals surface area (Å²) in [6.45, 7) is 3.70. The van der Waals surface area contributed by atoms with Crippen LogP contribution >= 0.6 is 34.8 Å². The van der Waals surface area contributed by atoms with Crippen molar-refractivity contribution in [1.82, 2.24) is 9.88 Å². The fourth-order valence-corrected chi connectivity index (χ4v) is 2.31. The Balaban J connectivity index is 3.09. The Kier molecular flexibility index (Phi) is 6.05. The quantitative estimate of drug-likeness (QED) is 0.893. The molecule has 1 amide bonds. The zero-order valence-corrected chi connectivity index (χ0v) is 13.1. The van der Waals surface area contributed by atoms with Gasteiger partial charge in [0.2, 0.25) is 0 Å². The van der Waals surface area contributed by atoms with E-state index in [4.69, 9.17) is 39.9 Å². The van der Waals surface area contributed by atoms with E-state index in [9.17, 15) is 9.59 Å². The lowest BCUT2D eigenvalue weighted by Crippen LogP contribution is -2.40. The first-order valence-corrected chi connectivity index (χ1v) is 6.95. The molecule has 8 heteroatoms. The Morgan fingerprint density at radius 3 is 2.45 bits per heavy atom. The molecule has 0 fully saturated rings. The van der Waals surface area contributed by atoms with Crippen molar-refractivity contribution in [1.29, 1.82) is 0 Å². The van der Waals surface area contributed by atoms with Crippen LogP contribution in [0.4, 0.5) is 0 Å². The third kappa shape index (κ3) is 3.75. The molecular weight excluding hydrogens is 327 g/mol. The van der Waals surface area contributed by atoms with Gasteiger partial charge in [-0.15, -0.1) is 0 Å². The summed E-state index contributed by atoms with van der Waals surface area (Å²) in [5.74, 6) is -1.47. The number of carbonyl (C=O) groups is 2. The van der Waals surface area contributed by atoms with Crippen LogP contribution in [0, 0.1) is 0 Å². The van der Waals surface area contributed by atoms with E-state index in [1.165, 1.54) is 11.1 Å². The third-order valence-electron chi connectivity index (χ3n) is 2.72. The van der Waals surface area contributed by atoms with Gasteiger partial charge in [0.15, 0.2) is 0 Å². The zero-order chi connectivity index (χ0) is 15.4. The van der Waals surface area contributed by atoms with Gasteiger partial charge < -0.3 is 10.0 Å². The average Bonchev–Trinajstić information content (AvgIpc) is 2.36. The average molecular weight is 340 g/mol. The molecule has 0 spiro atoms. The second-order valence-electron chi connectivity index (χ2n) is 4.12. The van der Waals surface area contributed by atoms with Crippen molar-refractivity contribution in [2.45, 2.75) is 26.3 Å². The van der Waals surface area contributed by atoms with Gasteiger partial charge in [0.1, 0.15) is 5.69 Å². The van der Waals surface area contributed by atoms with E-state index in [1.807, 2.05) is 0 Å². The molecule has 20 heavy (non-hydrogen) atoms. The topological polar surface area (TPSA) is 70.5 Å². The van der Waals surface area contributed by atoms with Gasteiger partial charge >= 0.3 is 5.97 Å². The molecule has 1 aromatic rings. The monoisotopic (exact) mass is 338 g/mol. The molecule has 0 saturated heterocycles. The molecule has 1 aromatic heterocycles. The number of carboxylic acids is 1. The number of pyridine rings is 1. The molecule has 1 N–H and O–H groups in total. The summed E-state index contributed by atoms with van der Waals surface area (Å²) >= 11 is 17.6. The van der Waals surface area contributed by atoms with E-state index in [-0.39, 0.29) is 27.2 Å². The maximum absolute atomic E-state index is 12.4. The molecule has 1 atom stereocenters. The second kappa shape index (κ2) is 7.11. The SMILES string of the molecule is CCN(C(=O)c1ncc(Cl)c(Cl)c1Cl)C(C)CC(=O)O. The predicted molar refractivity (Wildman–Crippen MR) is 77.7 cm³/mol. The van der Waals surface area contributed by atoms with Crippen LogP contribution in [0.2, 0.25) is 15.1 Å². The maximum atomic E-state index is 12.4. The summed E-state index contributed by atoms with van der Waals surface area (Å²) in [7, 11) is 0. The fourth-order valence-electron chi connectivity index (χ4n) is 1.75. The van der Waals surface area contributed by atoms with Gasteiger partial charge in [-0.25, -0.2) is 4.98 Å². The highest BCUT2D eigenvalue weighted by molar-refractivity contribution is 6.48. The van der Waals surface area contributed by atoms with Crippen LogP contribution < -0.4 is 0 Å². The first-order valence-electron chi connectivity index (χ1n) is 5.81. The van der Waals surface area contributed by atoms with Crippen LogP contribution in [0.25, 0.3) is 0 Å². The van der Waals surface area contributed by atoms with Crippen molar-refractivity contribution in [2.75, 3.05) is 6.54 Å². The second-order valence-corrected chi connectivity index (χ2v) is 5.28. The number of carboxylic acid groups (broad SMARTS) is 1. The third-order valence-corrected chi connectivity index (χ3v) is 3.96. The molecule has 1 rings (SSSR count). The Bertz CT molecular complexity index is 537. The number of nitrogens with zero attached hydrogens (tertiary/aromatic N) is 2. The highest BCUT2D eigenvalue weighted by atomic mass is 35.5. The van der Waals surface area contributed by atoms with E-state index < -0.39 is 17.9 Å². The number of hydrogen-bond acceptors (Lipinski definition) is 3. The van der Waals surface area contributed by atoms with E-state index >= 15 is 0 Å². The Morgan fingerprint density at radius 2 is 1.95 bits per heavy atom. The number of amides is 1. The van der Waals surface area contributed by atoms with Crippen molar-refractivity contribution in [2.24, 2.45) is 0 Å². The van der Waals surface area contributed by atoms with Crippen molar-refractivity contribution in [3.63, 3.8) is 0 Å². The van der Waals surface area contributed by atoms with Gasteiger partial charge in [0, 0.05) is 18.8 Å². The number of hydrogen-bond donors (Lipinski definition) is 1. The molecule has 1 heterocycles. The van der Waals surface area contributed by atoms with Crippen LogP contribution in [0.5, 0.6) is 0 Å². The first-order chi connectivity index (χ1) is 9.29. The van der Waals surface area contributed by atoms with E-state index in [2.05, 4.69) is 4.98 Å². The molecule has 1 unspecified atom stereocenters. The minimum atomic E-state index is -0.989. The minimum Gasteiger partial charge on any atom is -0.481 e. The summed E-state index contributed by atoms with van der Waals surface area (Å²) in [5, 5.41) is 8.96. The summed E-state index contributed by atoms with van der Waals surface area (Å²) < 4.78 is 0. The largest absolute Gasteiger partial charge is 0.481 e. The molecule has 0 radical (unpaired) electrons. The highest BCUT2D eigenvalue weighted by Crippen LogP contribution is 2.31. The lowest BCUT2D eigenvalue weighted by molar-refractivity contribution is -0.138. The van der Waals surface area contributed by atoms with Crippen molar-refractivity contribution in [3.8, 4) is 0 Å². The lowest BCUT2D eigenvalue weighted by atomic mass is 10.2. The Morgan fingerprint density at radius 1 is 1.35 bits per heavy atom. The zero-order valence-electron chi connectivity index (χ0n) is 10.9. The number of aliphatic carboxylic acids is 1. The summed E-state index contributed by atoms with van der Waals surface area (Å²) in [6, 6.07) is -0.489. The molecule has 0 saturated carbocycles. The summed E-state index contributed by atoms with van der Waals surface area (Å²) in [6.07, 6.45) is 1.07.